The van der Waals surface area contributed by atoms with Gasteiger partial charge in [-0.15, -0.1) is 0 Å². The summed E-state index contributed by atoms with van der Waals surface area (Å²) in [6, 6.07) is 14.6. The minimum Gasteiger partial charge on any atom is -0.378 e. The molecule has 1 unspecified atom stereocenters. The van der Waals surface area contributed by atoms with Crippen LogP contribution in [0.3, 0.4) is 0 Å². The molecule has 3 N–H and O–H groups in total. The average Bonchev–Trinajstić information content (AvgIpc) is 2.66. The topological polar surface area (TPSA) is 78.7 Å². The molecule has 2 rings (SSSR count). The van der Waals surface area contributed by atoms with E-state index in [-0.39, 0.29) is 11.9 Å². The van der Waals surface area contributed by atoms with Gasteiger partial charge in [0.05, 0.1) is 6.04 Å². The Balaban J connectivity index is 2.00. The van der Waals surface area contributed by atoms with Crippen LogP contribution in [-0.2, 0) is 11.3 Å². The fourth-order valence-corrected chi connectivity index (χ4v) is 2.79. The van der Waals surface area contributed by atoms with E-state index in [4.69, 9.17) is 5.73 Å². The molecule has 0 saturated heterocycles. The number of amides is 2. The van der Waals surface area contributed by atoms with Crippen LogP contribution in [-0.4, -0.2) is 43.4 Å². The summed E-state index contributed by atoms with van der Waals surface area (Å²) in [6.45, 7) is 5.38. The molecule has 2 aromatic rings. The van der Waals surface area contributed by atoms with Gasteiger partial charge in [0.25, 0.3) is 0 Å². The molecule has 6 heteroatoms. The highest BCUT2D eigenvalue weighted by molar-refractivity contribution is 5.96. The second-order valence-corrected chi connectivity index (χ2v) is 6.73. The van der Waals surface area contributed by atoms with Crippen LogP contribution >= 0.6 is 0 Å². The van der Waals surface area contributed by atoms with E-state index in [9.17, 15) is 9.59 Å². The maximum Gasteiger partial charge on any atom is 0.248 e. The molecule has 0 heterocycles. The van der Waals surface area contributed by atoms with Crippen LogP contribution in [0, 0.1) is 0 Å². The Hall–Kier alpha value is -2.86. The number of rotatable bonds is 8. The molecular weight excluding hydrogens is 340 g/mol. The first-order chi connectivity index (χ1) is 12.8. The zero-order valence-corrected chi connectivity index (χ0v) is 16.4. The van der Waals surface area contributed by atoms with Crippen LogP contribution in [0.15, 0.2) is 48.5 Å². The molecule has 0 fully saturated rings. The van der Waals surface area contributed by atoms with Gasteiger partial charge >= 0.3 is 0 Å². The minimum atomic E-state index is -0.487. The molecule has 0 aromatic heterocycles. The number of anilines is 2. The van der Waals surface area contributed by atoms with Crippen molar-refractivity contribution in [3.05, 3.63) is 59.7 Å². The van der Waals surface area contributed by atoms with Crippen molar-refractivity contribution in [3.8, 4) is 0 Å². The Morgan fingerprint density at radius 1 is 1.04 bits per heavy atom. The Morgan fingerprint density at radius 2 is 1.63 bits per heavy atom. The zero-order valence-electron chi connectivity index (χ0n) is 16.4. The van der Waals surface area contributed by atoms with Crippen molar-refractivity contribution in [3.63, 3.8) is 0 Å². The van der Waals surface area contributed by atoms with E-state index in [2.05, 4.69) is 39.4 Å². The summed E-state index contributed by atoms with van der Waals surface area (Å²) in [4.78, 5) is 27.9. The third-order valence-corrected chi connectivity index (χ3v) is 4.61. The third-order valence-electron chi connectivity index (χ3n) is 4.61. The Morgan fingerprint density at radius 3 is 2.11 bits per heavy atom. The monoisotopic (exact) mass is 368 g/mol. The molecular formula is C21H28N4O2. The summed E-state index contributed by atoms with van der Waals surface area (Å²) < 4.78 is 0. The van der Waals surface area contributed by atoms with E-state index in [1.165, 1.54) is 0 Å². The number of nitrogens with two attached hydrogens (primary N) is 1. The summed E-state index contributed by atoms with van der Waals surface area (Å²) in [5.41, 5.74) is 8.60. The van der Waals surface area contributed by atoms with E-state index in [1.807, 2.05) is 27.9 Å². The molecule has 0 aliphatic carbocycles. The molecule has 0 spiro atoms. The van der Waals surface area contributed by atoms with E-state index in [0.717, 1.165) is 17.8 Å². The fourth-order valence-electron chi connectivity index (χ4n) is 2.79. The maximum atomic E-state index is 12.6. The molecule has 6 nitrogen and oxygen atoms in total. The lowest BCUT2D eigenvalue weighted by Crippen LogP contribution is -2.41. The van der Waals surface area contributed by atoms with Gasteiger partial charge in [0, 0.05) is 37.6 Å². The third kappa shape index (κ3) is 5.56. The van der Waals surface area contributed by atoms with E-state index in [0.29, 0.717) is 17.8 Å². The van der Waals surface area contributed by atoms with Gasteiger partial charge in [-0.1, -0.05) is 19.1 Å². The van der Waals surface area contributed by atoms with Gasteiger partial charge in [-0.25, -0.2) is 0 Å². The number of nitrogens with zero attached hydrogens (tertiary/aromatic N) is 2. The standard InChI is InChI=1S/C21H28N4O2/c1-5-25(14-16-6-12-19(13-7-16)24(3)4)15(2)21(27)23-18-10-8-17(9-11-18)20(22)26/h6-13,15H,5,14H2,1-4H3,(H2,22,26)(H,23,27). The Bertz CT molecular complexity index is 770. The van der Waals surface area contributed by atoms with Crippen LogP contribution in [0.1, 0.15) is 29.8 Å². The number of nitrogens with one attached hydrogen (secondary N) is 1. The largest absolute Gasteiger partial charge is 0.378 e. The molecule has 0 bridgehead atoms. The lowest BCUT2D eigenvalue weighted by molar-refractivity contribution is -0.120. The molecule has 1 atom stereocenters. The molecule has 0 aliphatic heterocycles. The molecule has 0 radical (unpaired) electrons. The highest BCUT2D eigenvalue weighted by Gasteiger charge is 2.20. The highest BCUT2D eigenvalue weighted by Crippen LogP contribution is 2.16. The minimum absolute atomic E-state index is 0.0893. The van der Waals surface area contributed by atoms with Crippen molar-refractivity contribution in [2.24, 2.45) is 5.73 Å². The fraction of sp³-hybridized carbons (Fsp3) is 0.333. The second kappa shape index (κ2) is 9.19. The van der Waals surface area contributed by atoms with E-state index in [1.54, 1.807) is 24.3 Å². The number of likely N-dealkylation sites (N-methyl/N-ethyl adjacent to an activating group) is 1. The van der Waals surface area contributed by atoms with Crippen molar-refractivity contribution in [1.29, 1.82) is 0 Å². The lowest BCUT2D eigenvalue weighted by Gasteiger charge is -2.27. The lowest BCUT2D eigenvalue weighted by atomic mass is 10.1. The van der Waals surface area contributed by atoms with Crippen molar-refractivity contribution >= 4 is 23.2 Å². The molecule has 27 heavy (non-hydrogen) atoms. The molecule has 0 saturated carbocycles. The molecule has 0 aliphatic rings. The van der Waals surface area contributed by atoms with Crippen LogP contribution in [0.25, 0.3) is 0 Å². The van der Waals surface area contributed by atoms with E-state index >= 15 is 0 Å². The number of primary amides is 1. The first-order valence-corrected chi connectivity index (χ1v) is 9.03. The number of hydrogen-bond acceptors (Lipinski definition) is 4. The van der Waals surface area contributed by atoms with Crippen molar-refractivity contribution in [2.75, 3.05) is 30.9 Å². The van der Waals surface area contributed by atoms with Gasteiger partial charge in [0.15, 0.2) is 0 Å². The van der Waals surface area contributed by atoms with Gasteiger partial charge in [0.2, 0.25) is 11.8 Å². The zero-order chi connectivity index (χ0) is 20.0. The Labute approximate surface area is 161 Å². The SMILES string of the molecule is CCN(Cc1ccc(N(C)C)cc1)C(C)C(=O)Nc1ccc(C(N)=O)cc1. The van der Waals surface area contributed by atoms with Gasteiger partial charge < -0.3 is 16.0 Å². The normalized spacial score (nSPS) is 11.9. The van der Waals surface area contributed by atoms with Crippen LogP contribution < -0.4 is 16.0 Å². The first kappa shape index (κ1) is 20.5. The predicted molar refractivity (Wildman–Crippen MR) is 110 cm³/mol. The average molecular weight is 368 g/mol. The summed E-state index contributed by atoms with van der Waals surface area (Å²) in [5, 5.41) is 2.89. The molecule has 144 valence electrons. The summed E-state index contributed by atoms with van der Waals surface area (Å²) in [7, 11) is 4.02. The molecule has 2 amide bonds. The van der Waals surface area contributed by atoms with Crippen molar-refractivity contribution < 1.29 is 9.59 Å². The van der Waals surface area contributed by atoms with Gasteiger partial charge in [-0.3, -0.25) is 14.5 Å². The number of hydrogen-bond donors (Lipinski definition) is 2. The summed E-state index contributed by atoms with van der Waals surface area (Å²) >= 11 is 0. The first-order valence-electron chi connectivity index (χ1n) is 9.03. The molecule has 2 aromatic carbocycles. The number of carbonyl (C=O) groups excluding carboxylic acids is 2. The summed E-state index contributed by atoms with van der Waals surface area (Å²) in [5.74, 6) is -0.577. The number of carbonyl (C=O) groups is 2. The summed E-state index contributed by atoms with van der Waals surface area (Å²) in [6.07, 6.45) is 0. The van der Waals surface area contributed by atoms with E-state index < -0.39 is 5.91 Å². The van der Waals surface area contributed by atoms with Crippen LogP contribution in [0.4, 0.5) is 11.4 Å². The number of benzene rings is 2. The maximum absolute atomic E-state index is 12.6. The second-order valence-electron chi connectivity index (χ2n) is 6.73. The van der Waals surface area contributed by atoms with Crippen molar-refractivity contribution in [2.45, 2.75) is 26.4 Å². The van der Waals surface area contributed by atoms with Crippen molar-refractivity contribution in [1.82, 2.24) is 4.90 Å². The van der Waals surface area contributed by atoms with Crippen LogP contribution in [0.5, 0.6) is 0 Å². The quantitative estimate of drug-likeness (QED) is 0.751. The highest BCUT2D eigenvalue weighted by atomic mass is 16.2. The predicted octanol–water partition coefficient (Wildman–Crippen LogP) is 2.70. The van der Waals surface area contributed by atoms with Crippen LogP contribution in [0.2, 0.25) is 0 Å². The smallest absolute Gasteiger partial charge is 0.248 e. The van der Waals surface area contributed by atoms with Gasteiger partial charge in [-0.05, 0) is 55.4 Å². The van der Waals surface area contributed by atoms with Gasteiger partial charge in [-0.2, -0.15) is 0 Å². The van der Waals surface area contributed by atoms with Gasteiger partial charge in [0.1, 0.15) is 0 Å². The Kier molecular flexibility index (Phi) is 6.96.